The molecule has 3 aromatic carbocycles. The molecule has 2 N–H and O–H groups in total. The molecule has 0 amide bonds. The van der Waals surface area contributed by atoms with Crippen LogP contribution in [0.3, 0.4) is 0 Å². The number of aromatic nitrogens is 1. The molecule has 0 spiro atoms. The fourth-order valence-electron chi connectivity index (χ4n) is 4.24. The Bertz CT molecular complexity index is 1380. The summed E-state index contributed by atoms with van der Waals surface area (Å²) in [6.45, 7) is 4.40. The molecule has 0 radical (unpaired) electrons. The van der Waals surface area contributed by atoms with Gasteiger partial charge in [0.05, 0.1) is 13.5 Å². The summed E-state index contributed by atoms with van der Waals surface area (Å²) in [4.78, 5) is 11.8. The highest BCUT2D eigenvalue weighted by Crippen LogP contribution is 2.35. The number of methoxy groups -OCH3 is 1. The molecule has 7 heteroatoms. The molecule has 182 valence electrons. The molecule has 0 saturated carbocycles. The van der Waals surface area contributed by atoms with E-state index in [9.17, 15) is 9.18 Å². The van der Waals surface area contributed by atoms with E-state index in [4.69, 9.17) is 15.2 Å². The average Bonchev–Trinajstić information content (AvgIpc) is 3.27. The van der Waals surface area contributed by atoms with Crippen LogP contribution in [0.15, 0.2) is 60.8 Å². The normalized spacial score (nSPS) is 11.3. The molecule has 1 aromatic heterocycles. The van der Waals surface area contributed by atoms with Crippen LogP contribution >= 0.6 is 0 Å². The minimum absolute atomic E-state index is 0.103. The molecule has 0 atom stereocenters. The lowest BCUT2D eigenvalue weighted by molar-refractivity contribution is -0.139. The van der Waals surface area contributed by atoms with Gasteiger partial charge in [0.1, 0.15) is 24.0 Å². The number of hydrogen-bond acceptors (Lipinski definition) is 4. The number of nitrogens with zero attached hydrogens (tertiary/aromatic N) is 1. The Kier molecular flexibility index (Phi) is 7.17. The topological polar surface area (TPSA) is 66.5 Å². The van der Waals surface area contributed by atoms with E-state index in [-0.39, 0.29) is 31.4 Å². The van der Waals surface area contributed by atoms with E-state index < -0.39 is 11.8 Å². The number of ether oxygens (including phenoxy) is 2. The van der Waals surface area contributed by atoms with Gasteiger partial charge in [0.15, 0.2) is 0 Å². The van der Waals surface area contributed by atoms with E-state index >= 15 is 4.39 Å². The number of carbonyl (C=O) groups is 1. The van der Waals surface area contributed by atoms with Gasteiger partial charge in [-0.15, -0.1) is 0 Å². The molecule has 1 heterocycles. The van der Waals surface area contributed by atoms with Crippen LogP contribution in [0.1, 0.15) is 36.6 Å². The number of hydrogen-bond donors (Lipinski definition) is 1. The van der Waals surface area contributed by atoms with E-state index in [1.54, 1.807) is 18.2 Å². The quantitative estimate of drug-likeness (QED) is 0.319. The summed E-state index contributed by atoms with van der Waals surface area (Å²) in [6, 6.07) is 15.3. The summed E-state index contributed by atoms with van der Waals surface area (Å²) in [5, 5.41) is 0.920. The van der Waals surface area contributed by atoms with Crippen molar-refractivity contribution < 1.29 is 23.0 Å². The van der Waals surface area contributed by atoms with Crippen LogP contribution in [0.5, 0.6) is 5.75 Å². The highest BCUT2D eigenvalue weighted by atomic mass is 19.1. The van der Waals surface area contributed by atoms with Gasteiger partial charge in [-0.1, -0.05) is 18.2 Å². The highest BCUT2D eigenvalue weighted by molar-refractivity contribution is 5.96. The van der Waals surface area contributed by atoms with Gasteiger partial charge in [0.25, 0.3) is 0 Å². The first-order valence-electron chi connectivity index (χ1n) is 11.4. The minimum atomic E-state index is -0.492. The Hall–Kier alpha value is -3.71. The lowest BCUT2D eigenvalue weighted by atomic mass is 9.96. The van der Waals surface area contributed by atoms with E-state index in [0.29, 0.717) is 22.4 Å². The number of carbonyl (C=O) groups excluding carboxylic acids is 1. The molecular formula is C28H28F2N2O3. The Balaban J connectivity index is 1.77. The minimum Gasteiger partial charge on any atom is -0.489 e. The number of esters is 1. The van der Waals surface area contributed by atoms with Gasteiger partial charge in [-0.3, -0.25) is 4.79 Å². The van der Waals surface area contributed by atoms with Crippen LogP contribution in [-0.2, 0) is 29.1 Å². The Labute approximate surface area is 203 Å². The van der Waals surface area contributed by atoms with Crippen molar-refractivity contribution in [2.75, 3.05) is 7.11 Å². The van der Waals surface area contributed by atoms with Crippen LogP contribution in [0.4, 0.5) is 8.78 Å². The first-order valence-corrected chi connectivity index (χ1v) is 11.4. The van der Waals surface area contributed by atoms with Gasteiger partial charge in [-0.25, -0.2) is 8.78 Å². The second-order valence-electron chi connectivity index (χ2n) is 8.67. The van der Waals surface area contributed by atoms with Gasteiger partial charge >= 0.3 is 5.97 Å². The smallest absolute Gasteiger partial charge is 0.310 e. The van der Waals surface area contributed by atoms with Crippen molar-refractivity contribution in [3.63, 3.8) is 0 Å². The second kappa shape index (κ2) is 10.3. The Morgan fingerprint density at radius 2 is 1.83 bits per heavy atom. The third kappa shape index (κ3) is 5.05. The lowest BCUT2D eigenvalue weighted by Gasteiger charge is -2.16. The summed E-state index contributed by atoms with van der Waals surface area (Å²) in [7, 11) is 1.28. The number of fused-ring (bicyclic) bond motifs is 1. The van der Waals surface area contributed by atoms with Crippen LogP contribution < -0.4 is 10.5 Å². The molecule has 0 unspecified atom stereocenters. The van der Waals surface area contributed by atoms with Gasteiger partial charge in [0.2, 0.25) is 0 Å². The molecule has 5 nitrogen and oxygen atoms in total. The molecule has 35 heavy (non-hydrogen) atoms. The largest absolute Gasteiger partial charge is 0.489 e. The number of benzene rings is 3. The van der Waals surface area contributed by atoms with E-state index in [1.165, 1.54) is 25.3 Å². The number of halogens is 2. The predicted molar refractivity (Wildman–Crippen MR) is 132 cm³/mol. The molecule has 0 aliphatic heterocycles. The monoisotopic (exact) mass is 478 g/mol. The van der Waals surface area contributed by atoms with Gasteiger partial charge in [0, 0.05) is 46.4 Å². The molecule has 0 fully saturated rings. The Morgan fingerprint density at radius 3 is 2.54 bits per heavy atom. The van der Waals surface area contributed by atoms with Crippen LogP contribution in [0.25, 0.3) is 22.0 Å². The van der Waals surface area contributed by atoms with Crippen molar-refractivity contribution in [2.45, 2.75) is 39.5 Å². The number of rotatable bonds is 8. The van der Waals surface area contributed by atoms with Gasteiger partial charge in [-0.2, -0.15) is 0 Å². The predicted octanol–water partition coefficient (Wildman–Crippen LogP) is 5.92. The van der Waals surface area contributed by atoms with Crippen molar-refractivity contribution in [1.82, 2.24) is 4.57 Å². The van der Waals surface area contributed by atoms with E-state index in [1.807, 2.05) is 24.4 Å². The first-order chi connectivity index (χ1) is 16.8. The maximum atomic E-state index is 15.3. The van der Waals surface area contributed by atoms with E-state index in [2.05, 4.69) is 18.4 Å². The summed E-state index contributed by atoms with van der Waals surface area (Å²) in [5.41, 5.74) is 9.54. The van der Waals surface area contributed by atoms with E-state index in [0.717, 1.165) is 22.0 Å². The molecule has 4 rings (SSSR count). The molecule has 0 saturated heterocycles. The highest BCUT2D eigenvalue weighted by Gasteiger charge is 2.17. The van der Waals surface area contributed by atoms with Crippen molar-refractivity contribution in [3.05, 3.63) is 89.1 Å². The SMILES string of the molecule is COC(=O)Cc1cc(F)ccc1OCc1cc(-c2cccc(CN)c2F)c2ccn(C(C)C)c2c1. The summed E-state index contributed by atoms with van der Waals surface area (Å²) in [6.07, 6.45) is 1.88. The summed E-state index contributed by atoms with van der Waals surface area (Å²) < 4.78 is 41.9. The zero-order chi connectivity index (χ0) is 25.1. The first kappa shape index (κ1) is 24.4. The van der Waals surface area contributed by atoms with Gasteiger partial charge in [-0.05, 0) is 61.4 Å². The maximum absolute atomic E-state index is 15.3. The van der Waals surface area contributed by atoms with Crippen molar-refractivity contribution in [3.8, 4) is 16.9 Å². The Morgan fingerprint density at radius 1 is 1.03 bits per heavy atom. The van der Waals surface area contributed by atoms with Crippen LogP contribution in [-0.4, -0.2) is 17.6 Å². The maximum Gasteiger partial charge on any atom is 0.310 e. The fourth-order valence-corrected chi connectivity index (χ4v) is 4.24. The second-order valence-corrected chi connectivity index (χ2v) is 8.67. The van der Waals surface area contributed by atoms with Crippen LogP contribution in [0.2, 0.25) is 0 Å². The van der Waals surface area contributed by atoms with Crippen LogP contribution in [0, 0.1) is 11.6 Å². The lowest BCUT2D eigenvalue weighted by Crippen LogP contribution is -2.07. The molecule has 0 bridgehead atoms. The average molecular weight is 479 g/mol. The molecular weight excluding hydrogens is 450 g/mol. The van der Waals surface area contributed by atoms with Crippen molar-refractivity contribution in [2.24, 2.45) is 5.73 Å². The zero-order valence-corrected chi connectivity index (χ0v) is 20.0. The fraction of sp³-hybridized carbons (Fsp3) is 0.250. The summed E-state index contributed by atoms with van der Waals surface area (Å²) >= 11 is 0. The third-order valence-corrected chi connectivity index (χ3v) is 6.02. The molecule has 0 aliphatic rings. The molecule has 0 aliphatic carbocycles. The molecule has 4 aromatic rings. The van der Waals surface area contributed by atoms with Crippen molar-refractivity contribution in [1.29, 1.82) is 0 Å². The third-order valence-electron chi connectivity index (χ3n) is 6.02. The zero-order valence-electron chi connectivity index (χ0n) is 20.0. The summed E-state index contributed by atoms with van der Waals surface area (Å²) in [5.74, 6) is -0.918. The number of nitrogens with two attached hydrogens (primary N) is 1. The standard InChI is InChI=1S/C28H28F2N2O3/c1-17(2)32-10-9-22-24(23-6-4-5-19(15-31)28(23)30)11-18(12-25(22)32)16-35-26-8-7-21(29)13-20(26)14-27(33)34-3/h4-13,17H,14-16,31H2,1-3H3. The van der Waals surface area contributed by atoms with Gasteiger partial charge < -0.3 is 19.8 Å². The van der Waals surface area contributed by atoms with Crippen molar-refractivity contribution >= 4 is 16.9 Å².